The van der Waals surface area contributed by atoms with Crippen LogP contribution in [-0.4, -0.2) is 27.0 Å². The number of amides is 1. The number of fused-ring (bicyclic) bond motifs is 1. The van der Waals surface area contributed by atoms with Crippen molar-refractivity contribution in [2.24, 2.45) is 5.73 Å². The number of halogens is 2. The molecule has 0 saturated heterocycles. The Kier molecular flexibility index (Phi) is 6.74. The SMILES string of the molecule is Cc1c(S(=O)(=O)N[C@@H](C)COc2ccc(Cl)cc2C(N)=O)sc2ccc(I)cc12. The van der Waals surface area contributed by atoms with Crippen LogP contribution in [0.1, 0.15) is 22.8 Å². The van der Waals surface area contributed by atoms with E-state index in [1.165, 1.54) is 23.5 Å². The van der Waals surface area contributed by atoms with Crippen molar-refractivity contribution in [2.75, 3.05) is 6.61 Å². The summed E-state index contributed by atoms with van der Waals surface area (Å²) in [5, 5.41) is 1.29. The van der Waals surface area contributed by atoms with E-state index in [1.54, 1.807) is 19.9 Å². The molecule has 0 aliphatic heterocycles. The molecule has 0 radical (unpaired) electrons. The largest absolute Gasteiger partial charge is 0.491 e. The van der Waals surface area contributed by atoms with Gasteiger partial charge in [-0.3, -0.25) is 4.79 Å². The molecule has 10 heteroatoms. The minimum Gasteiger partial charge on any atom is -0.491 e. The van der Waals surface area contributed by atoms with Crippen molar-refractivity contribution >= 4 is 71.5 Å². The van der Waals surface area contributed by atoms with Crippen LogP contribution in [0, 0.1) is 10.5 Å². The molecule has 3 N–H and O–H groups in total. The van der Waals surface area contributed by atoms with Crippen LogP contribution >= 0.6 is 45.5 Å². The van der Waals surface area contributed by atoms with E-state index >= 15 is 0 Å². The lowest BCUT2D eigenvalue weighted by molar-refractivity contribution is 0.0996. The van der Waals surface area contributed by atoms with Crippen molar-refractivity contribution in [3.8, 4) is 5.75 Å². The van der Waals surface area contributed by atoms with E-state index in [4.69, 9.17) is 22.1 Å². The Morgan fingerprint density at radius 3 is 2.72 bits per heavy atom. The summed E-state index contributed by atoms with van der Waals surface area (Å²) in [6.07, 6.45) is 0. The summed E-state index contributed by atoms with van der Waals surface area (Å²) in [4.78, 5) is 11.6. The summed E-state index contributed by atoms with van der Waals surface area (Å²) in [7, 11) is -3.73. The average Bonchev–Trinajstić information content (AvgIpc) is 2.97. The molecular weight excluding hydrogens is 547 g/mol. The predicted octanol–water partition coefficient (Wildman–Crippen LogP) is 4.31. The van der Waals surface area contributed by atoms with E-state index < -0.39 is 22.0 Å². The van der Waals surface area contributed by atoms with Crippen LogP contribution in [0.15, 0.2) is 40.6 Å². The monoisotopic (exact) mass is 564 g/mol. The van der Waals surface area contributed by atoms with Crippen molar-refractivity contribution in [1.29, 1.82) is 0 Å². The molecule has 0 spiro atoms. The lowest BCUT2D eigenvalue weighted by Crippen LogP contribution is -2.36. The Labute approximate surface area is 191 Å². The molecule has 0 saturated carbocycles. The average molecular weight is 565 g/mol. The Bertz CT molecular complexity index is 1190. The molecule has 1 heterocycles. The van der Waals surface area contributed by atoms with E-state index in [0.29, 0.717) is 5.02 Å². The van der Waals surface area contributed by atoms with Crippen molar-refractivity contribution in [3.63, 3.8) is 0 Å². The van der Waals surface area contributed by atoms with Crippen LogP contribution in [0.25, 0.3) is 10.1 Å². The number of ether oxygens (including phenoxy) is 1. The predicted molar refractivity (Wildman–Crippen MR) is 125 cm³/mol. The summed E-state index contributed by atoms with van der Waals surface area (Å²) in [5.41, 5.74) is 6.20. The maximum atomic E-state index is 12.9. The highest BCUT2D eigenvalue weighted by Crippen LogP contribution is 2.35. The van der Waals surface area contributed by atoms with Gasteiger partial charge in [-0.25, -0.2) is 13.1 Å². The van der Waals surface area contributed by atoms with Gasteiger partial charge in [0.1, 0.15) is 16.6 Å². The number of sulfonamides is 1. The van der Waals surface area contributed by atoms with Crippen molar-refractivity contribution in [1.82, 2.24) is 4.72 Å². The van der Waals surface area contributed by atoms with Gasteiger partial charge >= 0.3 is 0 Å². The summed E-state index contributed by atoms with van der Waals surface area (Å²) in [6.45, 7) is 3.50. The van der Waals surface area contributed by atoms with Gasteiger partial charge in [0.15, 0.2) is 0 Å². The first-order valence-electron chi connectivity index (χ1n) is 8.51. The minimum absolute atomic E-state index is 0.0168. The number of primary amides is 1. The number of nitrogens with two attached hydrogens (primary N) is 1. The van der Waals surface area contributed by atoms with E-state index in [9.17, 15) is 13.2 Å². The van der Waals surface area contributed by atoms with Gasteiger partial charge in [-0.05, 0) is 83.8 Å². The Morgan fingerprint density at radius 1 is 1.31 bits per heavy atom. The molecule has 0 unspecified atom stereocenters. The zero-order chi connectivity index (χ0) is 21.3. The molecule has 3 rings (SSSR count). The smallest absolute Gasteiger partial charge is 0.252 e. The first kappa shape index (κ1) is 22.3. The Balaban J connectivity index is 1.76. The molecule has 1 atom stereocenters. The molecule has 29 heavy (non-hydrogen) atoms. The zero-order valence-electron chi connectivity index (χ0n) is 15.5. The molecule has 0 aliphatic rings. The van der Waals surface area contributed by atoms with Crippen LogP contribution in [0.3, 0.4) is 0 Å². The first-order chi connectivity index (χ1) is 13.6. The van der Waals surface area contributed by atoms with Crippen molar-refractivity contribution in [2.45, 2.75) is 24.1 Å². The van der Waals surface area contributed by atoms with Crippen LogP contribution < -0.4 is 15.2 Å². The second kappa shape index (κ2) is 8.76. The number of nitrogens with one attached hydrogen (secondary N) is 1. The normalized spacial score (nSPS) is 12.8. The van der Waals surface area contributed by atoms with Gasteiger partial charge in [-0.15, -0.1) is 11.3 Å². The third-order valence-corrected chi connectivity index (χ3v) is 8.54. The Morgan fingerprint density at radius 2 is 2.03 bits per heavy atom. The molecule has 0 bridgehead atoms. The standard InChI is InChI=1S/C19H18ClIN2O4S2/c1-10(9-27-16-5-3-12(20)7-15(16)18(22)24)23-29(25,26)19-11(2)14-8-13(21)4-6-17(14)28-19/h3-8,10,23H,9H2,1-2H3,(H2,22,24)/t10-/m0/s1. The molecule has 0 fully saturated rings. The van der Waals surface area contributed by atoms with E-state index in [-0.39, 0.29) is 22.1 Å². The maximum Gasteiger partial charge on any atom is 0.252 e. The quantitative estimate of drug-likeness (QED) is 0.418. The Hall–Kier alpha value is -1.40. The second-order valence-corrected chi connectivity index (χ2v) is 11.1. The zero-order valence-corrected chi connectivity index (χ0v) is 20.1. The summed E-state index contributed by atoms with van der Waals surface area (Å²) < 4.78 is 36.3. The second-order valence-electron chi connectivity index (χ2n) is 6.49. The molecule has 3 aromatic rings. The lowest BCUT2D eigenvalue weighted by Gasteiger charge is -2.16. The van der Waals surface area contributed by atoms with Crippen molar-refractivity contribution in [3.05, 3.63) is 56.1 Å². The van der Waals surface area contributed by atoms with Crippen LogP contribution in [0.5, 0.6) is 5.75 Å². The number of carbonyl (C=O) groups is 1. The summed E-state index contributed by atoms with van der Waals surface area (Å²) in [6, 6.07) is 9.81. The number of benzene rings is 2. The van der Waals surface area contributed by atoms with Gasteiger partial charge in [-0.1, -0.05) is 11.6 Å². The van der Waals surface area contributed by atoms with Crippen molar-refractivity contribution < 1.29 is 17.9 Å². The first-order valence-corrected chi connectivity index (χ1v) is 12.3. The summed E-state index contributed by atoms with van der Waals surface area (Å²) >= 11 is 9.32. The van der Waals surface area contributed by atoms with E-state index in [1.807, 2.05) is 18.2 Å². The number of aryl methyl sites for hydroxylation is 1. The van der Waals surface area contributed by atoms with E-state index in [0.717, 1.165) is 19.2 Å². The highest BCUT2D eigenvalue weighted by Gasteiger charge is 2.24. The summed E-state index contributed by atoms with van der Waals surface area (Å²) in [5.74, 6) is -0.424. The fourth-order valence-corrected chi connectivity index (χ4v) is 6.47. The molecule has 1 aromatic heterocycles. The molecular formula is C19H18ClIN2O4S2. The highest BCUT2D eigenvalue weighted by molar-refractivity contribution is 14.1. The highest BCUT2D eigenvalue weighted by atomic mass is 127. The van der Waals surface area contributed by atoms with Gasteiger partial charge in [-0.2, -0.15) is 0 Å². The molecule has 1 amide bonds. The number of hydrogen-bond acceptors (Lipinski definition) is 5. The lowest BCUT2D eigenvalue weighted by atomic mass is 10.2. The number of rotatable bonds is 7. The maximum absolute atomic E-state index is 12.9. The number of thiophene rings is 1. The van der Waals surface area contributed by atoms with Crippen LogP contribution in [-0.2, 0) is 10.0 Å². The molecule has 154 valence electrons. The molecule has 2 aromatic carbocycles. The van der Waals surface area contributed by atoms with Gasteiger partial charge < -0.3 is 10.5 Å². The van der Waals surface area contributed by atoms with Crippen LogP contribution in [0.2, 0.25) is 5.02 Å². The van der Waals surface area contributed by atoms with Gasteiger partial charge in [0, 0.05) is 13.3 Å². The molecule has 6 nitrogen and oxygen atoms in total. The minimum atomic E-state index is -3.73. The third kappa shape index (κ3) is 5.02. The van der Waals surface area contributed by atoms with E-state index in [2.05, 4.69) is 27.3 Å². The van der Waals surface area contributed by atoms with Gasteiger partial charge in [0.2, 0.25) is 0 Å². The van der Waals surface area contributed by atoms with Gasteiger partial charge in [0.05, 0.1) is 11.6 Å². The fourth-order valence-electron chi connectivity index (χ4n) is 2.81. The number of carbonyl (C=O) groups excluding carboxylic acids is 1. The molecule has 0 aliphatic carbocycles. The third-order valence-electron chi connectivity index (χ3n) is 4.15. The fraction of sp³-hybridized carbons (Fsp3) is 0.211. The topological polar surface area (TPSA) is 98.5 Å². The van der Waals surface area contributed by atoms with Crippen LogP contribution in [0.4, 0.5) is 0 Å². The van der Waals surface area contributed by atoms with Gasteiger partial charge in [0.25, 0.3) is 15.9 Å². The number of hydrogen-bond donors (Lipinski definition) is 2.